The molecule has 0 spiro atoms. The van der Waals surface area contributed by atoms with Gasteiger partial charge in [0, 0.05) is 6.42 Å². The van der Waals surface area contributed by atoms with Crippen molar-refractivity contribution in [3.8, 4) is 0 Å². The molecule has 1 aromatic rings. The van der Waals surface area contributed by atoms with E-state index >= 15 is 0 Å². The number of carbonyl (C=O) groups is 2. The Morgan fingerprint density at radius 2 is 1.96 bits per heavy atom. The van der Waals surface area contributed by atoms with Gasteiger partial charge in [-0.2, -0.15) is 0 Å². The fourth-order valence-corrected chi connectivity index (χ4v) is 3.05. The van der Waals surface area contributed by atoms with Gasteiger partial charge >= 0.3 is 5.97 Å². The van der Waals surface area contributed by atoms with Crippen LogP contribution in [-0.2, 0) is 16.0 Å². The maximum Gasteiger partial charge on any atom is 0.317 e. The van der Waals surface area contributed by atoms with E-state index < -0.39 is 11.9 Å². The maximum absolute atomic E-state index is 12.5. The lowest BCUT2D eigenvalue weighted by Gasteiger charge is -2.20. The van der Waals surface area contributed by atoms with Crippen molar-refractivity contribution < 1.29 is 18.7 Å². The number of rotatable bonds is 1. The van der Waals surface area contributed by atoms with Crippen LogP contribution in [-0.4, -0.2) is 17.9 Å². The number of hydrogen-bond acceptors (Lipinski definition) is 4. The van der Waals surface area contributed by atoms with Crippen molar-refractivity contribution in [1.29, 1.82) is 0 Å². The number of hydrogen-bond donors (Lipinski definition) is 0. The third kappa shape index (κ3) is 4.25. The molecule has 1 aromatic heterocycles. The van der Waals surface area contributed by atoms with Crippen LogP contribution in [0.1, 0.15) is 56.7 Å². The van der Waals surface area contributed by atoms with Gasteiger partial charge in [-0.05, 0) is 44.2 Å². The molecule has 0 aliphatic carbocycles. The monoisotopic (exact) mass is 330 g/mol. The van der Waals surface area contributed by atoms with E-state index in [0.717, 1.165) is 29.7 Å². The van der Waals surface area contributed by atoms with Crippen LogP contribution in [0.3, 0.4) is 0 Å². The maximum atomic E-state index is 12.5. The van der Waals surface area contributed by atoms with E-state index in [0.29, 0.717) is 17.9 Å². The smallest absolute Gasteiger partial charge is 0.317 e. The first kappa shape index (κ1) is 18.2. The topological polar surface area (TPSA) is 56.5 Å². The van der Waals surface area contributed by atoms with E-state index in [9.17, 15) is 9.59 Å². The molecule has 0 amide bonds. The number of cyclic esters (lactones) is 1. The summed E-state index contributed by atoms with van der Waals surface area (Å²) >= 11 is 0. The number of ketones is 1. The second kappa shape index (κ2) is 7.65. The lowest BCUT2D eigenvalue weighted by atomic mass is 9.94. The van der Waals surface area contributed by atoms with Gasteiger partial charge in [0.1, 0.15) is 24.0 Å². The van der Waals surface area contributed by atoms with Gasteiger partial charge in [-0.1, -0.05) is 32.1 Å². The van der Waals surface area contributed by atoms with Crippen molar-refractivity contribution in [3.05, 3.63) is 47.5 Å². The van der Waals surface area contributed by atoms with Gasteiger partial charge in [0.05, 0.1) is 5.56 Å². The van der Waals surface area contributed by atoms with Gasteiger partial charge in [0.2, 0.25) is 0 Å². The SMILES string of the molecule is C=C1C=C(C)C(CC)OC(=O)C(C)C(=O)c2coc(c2)CC(C)C1. The fourth-order valence-electron chi connectivity index (χ4n) is 3.05. The zero-order valence-corrected chi connectivity index (χ0v) is 14.9. The van der Waals surface area contributed by atoms with E-state index in [2.05, 4.69) is 13.5 Å². The first-order valence-electron chi connectivity index (χ1n) is 8.49. The largest absolute Gasteiger partial charge is 0.469 e. The van der Waals surface area contributed by atoms with Gasteiger partial charge in [0.15, 0.2) is 5.78 Å². The van der Waals surface area contributed by atoms with Crippen LogP contribution in [0.5, 0.6) is 0 Å². The van der Waals surface area contributed by atoms with Crippen LogP contribution in [0.25, 0.3) is 0 Å². The Morgan fingerprint density at radius 1 is 1.25 bits per heavy atom. The molecule has 0 fully saturated rings. The van der Waals surface area contributed by atoms with Crippen LogP contribution in [0, 0.1) is 11.8 Å². The highest BCUT2D eigenvalue weighted by Crippen LogP contribution is 2.24. The third-order valence-corrected chi connectivity index (χ3v) is 4.41. The summed E-state index contributed by atoms with van der Waals surface area (Å²) in [4.78, 5) is 24.8. The number of allylic oxidation sites excluding steroid dienone is 2. The molecule has 2 rings (SSSR count). The Balaban J connectivity index is 2.35. The fraction of sp³-hybridized carbons (Fsp3) is 0.500. The summed E-state index contributed by atoms with van der Waals surface area (Å²) in [6.45, 7) is 11.7. The molecule has 24 heavy (non-hydrogen) atoms. The molecule has 0 N–H and O–H groups in total. The number of ether oxygens (including phenoxy) is 1. The van der Waals surface area contributed by atoms with Crippen molar-refractivity contribution in [2.24, 2.45) is 11.8 Å². The molecule has 0 saturated carbocycles. The van der Waals surface area contributed by atoms with Crippen LogP contribution >= 0.6 is 0 Å². The molecule has 0 saturated heterocycles. The second-order valence-electron chi connectivity index (χ2n) is 6.78. The normalized spacial score (nSPS) is 26.6. The van der Waals surface area contributed by atoms with Gasteiger partial charge in [-0.15, -0.1) is 0 Å². The summed E-state index contributed by atoms with van der Waals surface area (Å²) in [5.74, 6) is -0.512. The lowest BCUT2D eigenvalue weighted by molar-refractivity contribution is -0.150. The molecule has 2 heterocycles. The van der Waals surface area contributed by atoms with Gasteiger partial charge < -0.3 is 9.15 Å². The molecule has 0 aromatic carbocycles. The second-order valence-corrected chi connectivity index (χ2v) is 6.78. The zero-order valence-electron chi connectivity index (χ0n) is 14.9. The van der Waals surface area contributed by atoms with Crippen LogP contribution in [0.15, 0.2) is 40.5 Å². The molecular formula is C20H26O4. The van der Waals surface area contributed by atoms with Crippen molar-refractivity contribution in [2.75, 3.05) is 0 Å². The van der Waals surface area contributed by atoms with Gasteiger partial charge in [-0.25, -0.2) is 0 Å². The van der Waals surface area contributed by atoms with E-state index in [1.54, 1.807) is 13.0 Å². The molecule has 1 aliphatic heterocycles. The first-order chi connectivity index (χ1) is 11.3. The van der Waals surface area contributed by atoms with E-state index in [1.165, 1.54) is 6.26 Å². The minimum absolute atomic E-state index is 0.263. The minimum Gasteiger partial charge on any atom is -0.469 e. The molecule has 1 aliphatic rings. The lowest BCUT2D eigenvalue weighted by Crippen LogP contribution is -2.28. The van der Waals surface area contributed by atoms with Crippen molar-refractivity contribution in [3.63, 3.8) is 0 Å². The summed E-state index contributed by atoms with van der Waals surface area (Å²) in [5.41, 5.74) is 2.39. The molecule has 4 heteroatoms. The Kier molecular flexibility index (Phi) is 5.81. The Labute approximate surface area is 143 Å². The first-order valence-corrected chi connectivity index (χ1v) is 8.49. The highest BCUT2D eigenvalue weighted by molar-refractivity contribution is 6.08. The molecular weight excluding hydrogens is 304 g/mol. The number of esters is 1. The highest BCUT2D eigenvalue weighted by atomic mass is 16.5. The van der Waals surface area contributed by atoms with Crippen LogP contribution < -0.4 is 0 Å². The summed E-state index contributed by atoms with van der Waals surface area (Å²) in [5, 5.41) is 0. The average Bonchev–Trinajstić information content (AvgIpc) is 2.97. The van der Waals surface area contributed by atoms with Crippen molar-refractivity contribution >= 4 is 11.8 Å². The summed E-state index contributed by atoms with van der Waals surface area (Å²) in [6, 6.07) is 1.73. The number of carbonyl (C=O) groups excluding carboxylic acids is 2. The predicted molar refractivity (Wildman–Crippen MR) is 92.8 cm³/mol. The summed E-state index contributed by atoms with van der Waals surface area (Å²) in [6.07, 6.45) is 5.31. The number of fused-ring (bicyclic) bond motifs is 2. The molecule has 130 valence electrons. The predicted octanol–water partition coefficient (Wildman–Crippen LogP) is 4.51. The minimum atomic E-state index is -0.846. The summed E-state index contributed by atoms with van der Waals surface area (Å²) in [7, 11) is 0. The number of Topliss-reactive ketones (excluding diaryl/α,β-unsaturated/α-hetero) is 1. The molecule has 0 radical (unpaired) electrons. The number of furan rings is 1. The van der Waals surface area contributed by atoms with Crippen molar-refractivity contribution in [2.45, 2.75) is 53.1 Å². The average molecular weight is 330 g/mol. The summed E-state index contributed by atoms with van der Waals surface area (Å²) < 4.78 is 11.1. The highest BCUT2D eigenvalue weighted by Gasteiger charge is 2.28. The molecule has 3 atom stereocenters. The Bertz CT molecular complexity index is 665. The Hall–Kier alpha value is -2.10. The molecule has 3 unspecified atom stereocenters. The van der Waals surface area contributed by atoms with E-state index in [4.69, 9.17) is 9.15 Å². The standard InChI is InChI=1S/C20H26O4/c1-6-18-14(4)8-12(2)7-13(3)9-17-10-16(11-23-17)19(21)15(5)20(22)24-18/h8,10-11,13,15,18H,2,6-7,9H2,1,3-5H3. The van der Waals surface area contributed by atoms with Gasteiger partial charge in [0.25, 0.3) is 0 Å². The van der Waals surface area contributed by atoms with E-state index in [1.807, 2.05) is 19.9 Å². The quantitative estimate of drug-likeness (QED) is 0.562. The van der Waals surface area contributed by atoms with Crippen LogP contribution in [0.4, 0.5) is 0 Å². The Morgan fingerprint density at radius 3 is 2.62 bits per heavy atom. The molecule has 4 nitrogen and oxygen atoms in total. The molecule has 2 bridgehead atoms. The van der Waals surface area contributed by atoms with Gasteiger partial charge in [-0.3, -0.25) is 9.59 Å². The van der Waals surface area contributed by atoms with Crippen molar-refractivity contribution in [1.82, 2.24) is 0 Å². The van der Waals surface area contributed by atoms with Crippen LogP contribution in [0.2, 0.25) is 0 Å². The third-order valence-electron chi connectivity index (χ3n) is 4.41. The van der Waals surface area contributed by atoms with E-state index in [-0.39, 0.29) is 11.9 Å². The zero-order chi connectivity index (χ0) is 17.9.